The van der Waals surface area contributed by atoms with Gasteiger partial charge < -0.3 is 10.4 Å². The Balaban J connectivity index is 1.58. The molecule has 0 radical (unpaired) electrons. The molecule has 3 atom stereocenters. The number of nitrogens with one attached hydrogen (secondary N) is 1. The summed E-state index contributed by atoms with van der Waals surface area (Å²) in [5.74, 6) is 0. The van der Waals surface area contributed by atoms with Gasteiger partial charge in [-0.2, -0.15) is 0 Å². The molecule has 0 spiro atoms. The fourth-order valence-corrected chi connectivity index (χ4v) is 5.79. The van der Waals surface area contributed by atoms with E-state index in [-0.39, 0.29) is 6.04 Å². The van der Waals surface area contributed by atoms with Crippen LogP contribution in [0, 0.1) is 0 Å². The Morgan fingerprint density at radius 1 is 0.724 bits per heavy atom. The first-order valence-corrected chi connectivity index (χ1v) is 11.5. The van der Waals surface area contributed by atoms with Gasteiger partial charge in [0, 0.05) is 12.3 Å². The third kappa shape index (κ3) is 4.74. The monoisotopic (exact) mass is 399 g/mol. The van der Waals surface area contributed by atoms with Gasteiger partial charge >= 0.3 is 0 Å². The molecule has 4 rings (SSSR count). The molecule has 2 nitrogen and oxygen atoms in total. The number of aliphatic hydroxyl groups is 1. The Labute approximate surface area is 174 Å². The molecule has 0 bridgehead atoms. The van der Waals surface area contributed by atoms with Crippen molar-refractivity contribution in [2.75, 3.05) is 6.29 Å². The molecule has 0 heterocycles. The Morgan fingerprint density at radius 3 is 2.07 bits per heavy atom. The van der Waals surface area contributed by atoms with Crippen LogP contribution in [0.5, 0.6) is 0 Å². The van der Waals surface area contributed by atoms with E-state index in [1.54, 1.807) is 0 Å². The average Bonchev–Trinajstić information content (AvgIpc) is 2.79. The second kappa shape index (κ2) is 9.33. The summed E-state index contributed by atoms with van der Waals surface area (Å²) in [7, 11) is -0.572. The van der Waals surface area contributed by atoms with Gasteiger partial charge in [-0.25, -0.2) is 0 Å². The second-order valence-corrected chi connectivity index (χ2v) is 9.51. The Kier molecular flexibility index (Phi) is 6.36. The topological polar surface area (TPSA) is 32.3 Å². The Morgan fingerprint density at radius 2 is 1.34 bits per heavy atom. The molecule has 4 aromatic carbocycles. The fourth-order valence-electron chi connectivity index (χ4n) is 3.57. The molecule has 0 saturated heterocycles. The average molecular weight is 399 g/mol. The first kappa shape index (κ1) is 19.8. The lowest BCUT2D eigenvalue weighted by Gasteiger charge is -2.25. The van der Waals surface area contributed by atoms with Gasteiger partial charge in [0.05, 0.1) is 6.10 Å². The minimum Gasteiger partial charge on any atom is -0.387 e. The highest BCUT2D eigenvalue weighted by Crippen LogP contribution is 2.34. The van der Waals surface area contributed by atoms with Crippen LogP contribution in [0.25, 0.3) is 10.8 Å². The smallest absolute Gasteiger partial charge is 0.0940 e. The van der Waals surface area contributed by atoms with Crippen LogP contribution >= 0.6 is 7.92 Å². The van der Waals surface area contributed by atoms with Crippen molar-refractivity contribution in [3.63, 3.8) is 0 Å². The summed E-state index contributed by atoms with van der Waals surface area (Å²) in [6, 6.07) is 35.8. The minimum atomic E-state index is -0.572. The molecule has 2 N–H and O–H groups in total. The van der Waals surface area contributed by atoms with Crippen molar-refractivity contribution in [1.29, 1.82) is 0 Å². The highest BCUT2D eigenvalue weighted by atomic mass is 31.1. The maximum Gasteiger partial charge on any atom is 0.0940 e. The summed E-state index contributed by atoms with van der Waals surface area (Å²) in [6.07, 6.45) is 0.295. The Hall–Kier alpha value is -2.51. The molecule has 3 heteroatoms. The molecule has 0 aliphatic carbocycles. The summed E-state index contributed by atoms with van der Waals surface area (Å²) in [5, 5.41) is 19.6. The summed E-state index contributed by atoms with van der Waals surface area (Å²) in [5.41, 5.74) is 0.947. The third-order valence-electron chi connectivity index (χ3n) is 5.30. The van der Waals surface area contributed by atoms with Crippen molar-refractivity contribution in [3.8, 4) is 0 Å². The zero-order valence-electron chi connectivity index (χ0n) is 16.6. The van der Waals surface area contributed by atoms with Crippen LogP contribution < -0.4 is 15.9 Å². The molecule has 0 aromatic heterocycles. The fraction of sp³-hybridized carbons (Fsp3) is 0.154. The first-order valence-electron chi connectivity index (χ1n) is 10.00. The molecule has 0 saturated carbocycles. The molecular weight excluding hydrogens is 373 g/mol. The third-order valence-corrected chi connectivity index (χ3v) is 7.62. The van der Waals surface area contributed by atoms with Crippen LogP contribution in [0.15, 0.2) is 103 Å². The predicted octanol–water partition coefficient (Wildman–Crippen LogP) is 4.94. The molecule has 0 aliphatic heterocycles. The molecule has 29 heavy (non-hydrogen) atoms. The van der Waals surface area contributed by atoms with E-state index in [9.17, 15) is 5.11 Å². The van der Waals surface area contributed by atoms with E-state index in [4.69, 9.17) is 0 Å². The largest absolute Gasteiger partial charge is 0.387 e. The van der Waals surface area contributed by atoms with Crippen LogP contribution in [0.3, 0.4) is 0 Å². The van der Waals surface area contributed by atoms with Crippen LogP contribution in [0.1, 0.15) is 18.6 Å². The zero-order chi connectivity index (χ0) is 20.1. The van der Waals surface area contributed by atoms with Gasteiger partial charge in [0.1, 0.15) is 0 Å². The lowest BCUT2D eigenvalue weighted by Crippen LogP contribution is -2.34. The number of rotatable bonds is 7. The molecular formula is C26H26NOP. The maximum atomic E-state index is 10.7. The summed E-state index contributed by atoms with van der Waals surface area (Å²) >= 11 is 0. The van der Waals surface area contributed by atoms with E-state index in [1.165, 1.54) is 21.4 Å². The second-order valence-electron chi connectivity index (χ2n) is 7.30. The van der Waals surface area contributed by atoms with Gasteiger partial charge in [-0.1, -0.05) is 97.1 Å². The van der Waals surface area contributed by atoms with Gasteiger partial charge in [-0.05, 0) is 47.9 Å². The van der Waals surface area contributed by atoms with Gasteiger partial charge in [0.25, 0.3) is 0 Å². The van der Waals surface area contributed by atoms with Crippen LogP contribution in [0.2, 0.25) is 0 Å². The first-order chi connectivity index (χ1) is 14.2. The normalized spacial score (nSPS) is 14.4. The van der Waals surface area contributed by atoms with Crippen LogP contribution in [-0.4, -0.2) is 17.4 Å². The highest BCUT2D eigenvalue weighted by molar-refractivity contribution is 7.72. The molecule has 4 aromatic rings. The number of fused-ring (bicyclic) bond motifs is 1. The molecule has 1 unspecified atom stereocenters. The standard InChI is InChI=1S/C26H26NOP/c1-20(26(28)22-11-4-2-5-12-22)27-19-29(24-14-6-3-7-15-24)25-17-16-21-10-8-9-13-23(21)18-25/h2-18,20,26-28H,19H2,1H3/t20-,26-,29?/m0/s1. The molecule has 0 aliphatic rings. The van der Waals surface area contributed by atoms with E-state index in [0.29, 0.717) is 0 Å². The van der Waals surface area contributed by atoms with Crippen LogP contribution in [0.4, 0.5) is 0 Å². The van der Waals surface area contributed by atoms with Gasteiger partial charge in [-0.3, -0.25) is 0 Å². The van der Waals surface area contributed by atoms with E-state index in [2.05, 4.69) is 85.0 Å². The van der Waals surface area contributed by atoms with Crippen molar-refractivity contribution in [1.82, 2.24) is 5.32 Å². The van der Waals surface area contributed by atoms with E-state index < -0.39 is 14.0 Å². The number of hydrogen-bond acceptors (Lipinski definition) is 2. The van der Waals surface area contributed by atoms with Crippen molar-refractivity contribution in [2.24, 2.45) is 0 Å². The van der Waals surface area contributed by atoms with Crippen molar-refractivity contribution in [2.45, 2.75) is 19.1 Å². The Bertz CT molecular complexity index is 1050. The van der Waals surface area contributed by atoms with E-state index in [0.717, 1.165) is 11.8 Å². The quantitative estimate of drug-likeness (QED) is 0.432. The summed E-state index contributed by atoms with van der Waals surface area (Å²) in [6.45, 7) is 2.05. The molecule has 0 fully saturated rings. The van der Waals surface area contributed by atoms with Crippen molar-refractivity contribution >= 4 is 29.3 Å². The van der Waals surface area contributed by atoms with E-state index in [1.807, 2.05) is 30.3 Å². The minimum absolute atomic E-state index is 0.0356. The SMILES string of the molecule is C[C@H](NCP(c1ccccc1)c1ccc2ccccc2c1)[C@H](O)c1ccccc1. The number of benzene rings is 4. The predicted molar refractivity (Wildman–Crippen MR) is 125 cm³/mol. The van der Waals surface area contributed by atoms with Gasteiger partial charge in [0.2, 0.25) is 0 Å². The van der Waals surface area contributed by atoms with Crippen molar-refractivity contribution in [3.05, 3.63) is 109 Å². The van der Waals surface area contributed by atoms with Gasteiger partial charge in [-0.15, -0.1) is 0 Å². The molecule has 0 amide bonds. The summed E-state index contributed by atoms with van der Waals surface area (Å²) < 4.78 is 0. The van der Waals surface area contributed by atoms with Gasteiger partial charge in [0.15, 0.2) is 0 Å². The number of aliphatic hydroxyl groups excluding tert-OH is 1. The highest BCUT2D eigenvalue weighted by Gasteiger charge is 2.19. The van der Waals surface area contributed by atoms with Crippen molar-refractivity contribution < 1.29 is 5.11 Å². The summed E-state index contributed by atoms with van der Waals surface area (Å²) in [4.78, 5) is 0. The lowest BCUT2D eigenvalue weighted by molar-refractivity contribution is 0.139. The zero-order valence-corrected chi connectivity index (χ0v) is 17.5. The number of hydrogen-bond donors (Lipinski definition) is 2. The maximum absolute atomic E-state index is 10.7. The van der Waals surface area contributed by atoms with E-state index >= 15 is 0 Å². The lowest BCUT2D eigenvalue weighted by atomic mass is 10.0. The van der Waals surface area contributed by atoms with Crippen LogP contribution in [-0.2, 0) is 0 Å². The molecule has 146 valence electrons.